The summed E-state index contributed by atoms with van der Waals surface area (Å²) in [7, 11) is 0. The fraction of sp³-hybridized carbons (Fsp3) is 0.750. The van der Waals surface area contributed by atoms with Gasteiger partial charge in [-0.1, -0.05) is 0 Å². The first kappa shape index (κ1) is 11.5. The van der Waals surface area contributed by atoms with E-state index in [-0.39, 0.29) is 11.6 Å². The van der Waals surface area contributed by atoms with Gasteiger partial charge >= 0.3 is 0 Å². The van der Waals surface area contributed by atoms with Crippen LogP contribution in [0.2, 0.25) is 0 Å². The molecule has 1 aromatic heterocycles. The minimum absolute atomic E-state index is 0.0838. The van der Waals surface area contributed by atoms with Gasteiger partial charge in [0.15, 0.2) is 0 Å². The number of aliphatic hydroxyl groups is 1. The third-order valence-electron chi connectivity index (χ3n) is 3.21. The van der Waals surface area contributed by atoms with E-state index >= 15 is 0 Å². The van der Waals surface area contributed by atoms with Gasteiger partial charge in [0.2, 0.25) is 0 Å². The topological polar surface area (TPSA) is 64.1 Å². The predicted molar refractivity (Wildman–Crippen MR) is 64.2 cm³/mol. The van der Waals surface area contributed by atoms with E-state index in [9.17, 15) is 5.11 Å². The van der Waals surface area contributed by atoms with E-state index in [0.29, 0.717) is 11.7 Å². The Kier molecular flexibility index (Phi) is 2.70. The second-order valence-corrected chi connectivity index (χ2v) is 5.74. The number of anilines is 1. The highest BCUT2D eigenvalue weighted by atomic mass is 16.3. The molecule has 16 heavy (non-hydrogen) atoms. The zero-order valence-corrected chi connectivity index (χ0v) is 10.3. The third kappa shape index (κ3) is 2.07. The summed E-state index contributed by atoms with van der Waals surface area (Å²) in [5.41, 5.74) is 6.92. The van der Waals surface area contributed by atoms with Crippen molar-refractivity contribution in [2.24, 2.45) is 0 Å². The van der Waals surface area contributed by atoms with Crippen LogP contribution in [0.3, 0.4) is 0 Å². The van der Waals surface area contributed by atoms with Gasteiger partial charge in [0.25, 0.3) is 0 Å². The van der Waals surface area contributed by atoms with Gasteiger partial charge in [0.1, 0.15) is 5.82 Å². The molecule has 1 fully saturated rings. The van der Waals surface area contributed by atoms with Gasteiger partial charge in [-0.3, -0.25) is 0 Å². The Morgan fingerprint density at radius 3 is 2.56 bits per heavy atom. The lowest BCUT2D eigenvalue weighted by molar-refractivity contribution is 0.181. The average Bonchev–Trinajstić information content (AvgIpc) is 2.70. The largest absolute Gasteiger partial charge is 0.393 e. The van der Waals surface area contributed by atoms with Crippen LogP contribution in [-0.4, -0.2) is 21.0 Å². The van der Waals surface area contributed by atoms with Crippen LogP contribution in [0, 0.1) is 0 Å². The molecule has 0 spiro atoms. The average molecular weight is 223 g/mol. The number of hydrogen-bond donors (Lipinski definition) is 2. The molecule has 0 amide bonds. The molecule has 1 aliphatic carbocycles. The molecule has 90 valence electrons. The number of nitrogen functional groups attached to an aromatic ring is 1. The second-order valence-electron chi connectivity index (χ2n) is 5.74. The molecule has 1 unspecified atom stereocenters. The van der Waals surface area contributed by atoms with E-state index in [2.05, 4.69) is 25.9 Å². The first-order valence-electron chi connectivity index (χ1n) is 5.92. The molecule has 2 atom stereocenters. The Hall–Kier alpha value is -1.03. The lowest BCUT2D eigenvalue weighted by atomic mass is 10.0. The standard InChI is InChI=1S/C12H21N3O/c1-12(2,3)15-11(13)7-10(14-15)8-4-5-9(16)6-8/h7-9,16H,4-6,13H2,1-3H3/t8-,9?/m0/s1. The maximum Gasteiger partial charge on any atom is 0.122 e. The van der Waals surface area contributed by atoms with Crippen molar-refractivity contribution in [2.45, 2.75) is 57.6 Å². The van der Waals surface area contributed by atoms with Gasteiger partial charge in [-0.05, 0) is 40.0 Å². The van der Waals surface area contributed by atoms with Crippen LogP contribution in [0.5, 0.6) is 0 Å². The second kappa shape index (κ2) is 3.77. The molecule has 4 heteroatoms. The summed E-state index contributed by atoms with van der Waals surface area (Å²) >= 11 is 0. The van der Waals surface area contributed by atoms with E-state index < -0.39 is 0 Å². The summed E-state index contributed by atoms with van der Waals surface area (Å²) in [5.74, 6) is 1.09. The SMILES string of the molecule is CC(C)(C)n1nc([C@H]2CCC(O)C2)cc1N. The summed E-state index contributed by atoms with van der Waals surface area (Å²) in [6.45, 7) is 6.26. The first-order chi connectivity index (χ1) is 7.38. The van der Waals surface area contributed by atoms with Crippen molar-refractivity contribution in [1.82, 2.24) is 9.78 Å². The maximum atomic E-state index is 9.53. The van der Waals surface area contributed by atoms with Crippen LogP contribution >= 0.6 is 0 Å². The Morgan fingerprint density at radius 2 is 2.12 bits per heavy atom. The Labute approximate surface area is 96.5 Å². The summed E-state index contributed by atoms with van der Waals surface area (Å²) in [6, 6.07) is 1.95. The van der Waals surface area contributed by atoms with Gasteiger partial charge in [-0.25, -0.2) is 4.68 Å². The minimum Gasteiger partial charge on any atom is -0.393 e. The zero-order valence-electron chi connectivity index (χ0n) is 10.3. The highest BCUT2D eigenvalue weighted by Gasteiger charge is 2.28. The molecule has 0 radical (unpaired) electrons. The normalized spacial score (nSPS) is 26.2. The van der Waals surface area contributed by atoms with E-state index in [1.54, 1.807) is 0 Å². The summed E-state index contributed by atoms with van der Waals surface area (Å²) in [6.07, 6.45) is 2.56. The van der Waals surface area contributed by atoms with Gasteiger partial charge in [0.05, 0.1) is 17.3 Å². The lowest BCUT2D eigenvalue weighted by Crippen LogP contribution is -2.24. The van der Waals surface area contributed by atoms with E-state index in [1.807, 2.05) is 10.7 Å². The number of nitrogens with zero attached hydrogens (tertiary/aromatic N) is 2. The number of aliphatic hydroxyl groups excluding tert-OH is 1. The van der Waals surface area contributed by atoms with Crippen molar-refractivity contribution in [3.05, 3.63) is 11.8 Å². The molecule has 0 saturated heterocycles. The first-order valence-corrected chi connectivity index (χ1v) is 5.92. The smallest absolute Gasteiger partial charge is 0.122 e. The van der Waals surface area contributed by atoms with Crippen molar-refractivity contribution in [2.75, 3.05) is 5.73 Å². The molecule has 0 aromatic carbocycles. The monoisotopic (exact) mass is 223 g/mol. The molecule has 1 aliphatic rings. The van der Waals surface area contributed by atoms with Crippen LogP contribution in [-0.2, 0) is 5.54 Å². The van der Waals surface area contributed by atoms with Crippen LogP contribution in [0.4, 0.5) is 5.82 Å². The zero-order chi connectivity index (χ0) is 11.9. The molecular formula is C12H21N3O. The van der Waals surface area contributed by atoms with E-state index in [1.165, 1.54) is 0 Å². The molecule has 0 aliphatic heterocycles. The predicted octanol–water partition coefficient (Wildman–Crippen LogP) is 1.85. The Balaban J connectivity index is 2.24. The number of nitrogens with two attached hydrogens (primary N) is 1. The quantitative estimate of drug-likeness (QED) is 0.763. The summed E-state index contributed by atoms with van der Waals surface area (Å²) in [4.78, 5) is 0. The number of rotatable bonds is 1. The van der Waals surface area contributed by atoms with E-state index in [0.717, 1.165) is 25.0 Å². The molecule has 2 rings (SSSR count). The van der Waals surface area contributed by atoms with Crippen LogP contribution in [0.25, 0.3) is 0 Å². The number of hydrogen-bond acceptors (Lipinski definition) is 3. The molecule has 1 saturated carbocycles. The van der Waals surface area contributed by atoms with Gasteiger partial charge in [-0.15, -0.1) is 0 Å². The Bertz CT molecular complexity index is 378. The fourth-order valence-corrected chi connectivity index (χ4v) is 2.38. The molecule has 1 aromatic rings. The molecule has 3 N–H and O–H groups in total. The van der Waals surface area contributed by atoms with Crippen molar-refractivity contribution in [3.63, 3.8) is 0 Å². The van der Waals surface area contributed by atoms with Crippen molar-refractivity contribution < 1.29 is 5.11 Å². The number of aromatic nitrogens is 2. The molecule has 4 nitrogen and oxygen atoms in total. The molecule has 1 heterocycles. The molecule has 0 bridgehead atoms. The van der Waals surface area contributed by atoms with Gasteiger partial charge in [0, 0.05) is 12.0 Å². The highest BCUT2D eigenvalue weighted by molar-refractivity contribution is 5.34. The highest BCUT2D eigenvalue weighted by Crippen LogP contribution is 2.35. The van der Waals surface area contributed by atoms with Crippen molar-refractivity contribution >= 4 is 5.82 Å². The summed E-state index contributed by atoms with van der Waals surface area (Å²) in [5, 5.41) is 14.1. The Morgan fingerprint density at radius 1 is 1.44 bits per heavy atom. The van der Waals surface area contributed by atoms with Gasteiger partial charge < -0.3 is 10.8 Å². The van der Waals surface area contributed by atoms with Crippen molar-refractivity contribution in [3.8, 4) is 0 Å². The molecular weight excluding hydrogens is 202 g/mol. The third-order valence-corrected chi connectivity index (χ3v) is 3.21. The fourth-order valence-electron chi connectivity index (χ4n) is 2.38. The van der Waals surface area contributed by atoms with Crippen molar-refractivity contribution in [1.29, 1.82) is 0 Å². The van der Waals surface area contributed by atoms with Crippen LogP contribution in [0.15, 0.2) is 6.07 Å². The van der Waals surface area contributed by atoms with Gasteiger partial charge in [-0.2, -0.15) is 5.10 Å². The lowest BCUT2D eigenvalue weighted by Gasteiger charge is -2.20. The van der Waals surface area contributed by atoms with Crippen LogP contribution < -0.4 is 5.73 Å². The minimum atomic E-state index is -0.161. The van der Waals surface area contributed by atoms with E-state index in [4.69, 9.17) is 5.73 Å². The van der Waals surface area contributed by atoms with Crippen LogP contribution in [0.1, 0.15) is 51.6 Å². The summed E-state index contributed by atoms with van der Waals surface area (Å²) < 4.78 is 1.87. The maximum absolute atomic E-state index is 9.53.